The predicted molar refractivity (Wildman–Crippen MR) is 92.0 cm³/mol. The lowest BCUT2D eigenvalue weighted by Gasteiger charge is -2.11. The Hall–Kier alpha value is -0.900. The molecule has 110 valence electrons. The Bertz CT molecular complexity index is 652. The van der Waals surface area contributed by atoms with E-state index in [9.17, 15) is 0 Å². The minimum Gasteiger partial charge on any atom is -0.493 e. The Kier molecular flexibility index (Phi) is 4.63. The third-order valence-corrected chi connectivity index (χ3v) is 4.53. The molecule has 0 spiro atoms. The third kappa shape index (κ3) is 3.47. The highest BCUT2D eigenvalue weighted by molar-refractivity contribution is 9.10. The molecule has 2 aromatic rings. The van der Waals surface area contributed by atoms with Crippen molar-refractivity contribution in [3.8, 4) is 5.75 Å². The van der Waals surface area contributed by atoms with E-state index in [2.05, 4.69) is 39.4 Å². The van der Waals surface area contributed by atoms with Crippen LogP contribution >= 0.6 is 39.1 Å². The van der Waals surface area contributed by atoms with Gasteiger partial charge in [0.1, 0.15) is 5.75 Å². The fourth-order valence-corrected chi connectivity index (χ4v) is 3.78. The van der Waals surface area contributed by atoms with Crippen LogP contribution in [0, 0.1) is 0 Å². The Labute approximate surface area is 142 Å². The lowest BCUT2D eigenvalue weighted by atomic mass is 10.1. The summed E-state index contributed by atoms with van der Waals surface area (Å²) >= 11 is 15.8. The lowest BCUT2D eigenvalue weighted by Crippen LogP contribution is -2.06. The van der Waals surface area contributed by atoms with E-state index < -0.39 is 0 Å². The molecule has 5 heteroatoms. The highest BCUT2D eigenvalue weighted by atomic mass is 79.9. The van der Waals surface area contributed by atoms with Gasteiger partial charge in [0.2, 0.25) is 0 Å². The molecule has 0 saturated carbocycles. The number of ether oxygens (including phenoxy) is 1. The molecule has 21 heavy (non-hydrogen) atoms. The molecular formula is C16H14BrCl2NO. The molecule has 1 aliphatic rings. The lowest BCUT2D eigenvalue weighted by molar-refractivity contribution is 0.357. The first kappa shape index (κ1) is 15.0. The summed E-state index contributed by atoms with van der Waals surface area (Å²) in [7, 11) is 0. The summed E-state index contributed by atoms with van der Waals surface area (Å²) in [6.07, 6.45) is 1.91. The Morgan fingerprint density at radius 2 is 1.90 bits per heavy atom. The zero-order chi connectivity index (χ0) is 14.8. The van der Waals surface area contributed by atoms with Crippen molar-refractivity contribution in [2.75, 3.05) is 18.5 Å². The average Bonchev–Trinajstić information content (AvgIpc) is 2.89. The van der Waals surface area contributed by atoms with E-state index in [0.717, 1.165) is 41.9 Å². The van der Waals surface area contributed by atoms with Crippen molar-refractivity contribution in [3.63, 3.8) is 0 Å². The first-order chi connectivity index (χ1) is 10.1. The van der Waals surface area contributed by atoms with Crippen molar-refractivity contribution in [2.45, 2.75) is 12.8 Å². The smallest absolute Gasteiger partial charge is 0.122 e. The number of fused-ring (bicyclic) bond motifs is 1. The molecule has 3 rings (SSSR count). The molecule has 0 fully saturated rings. The molecule has 2 nitrogen and oxygen atoms in total. The van der Waals surface area contributed by atoms with E-state index in [4.69, 9.17) is 27.9 Å². The van der Waals surface area contributed by atoms with Crippen LogP contribution in [0.15, 0.2) is 34.8 Å². The summed E-state index contributed by atoms with van der Waals surface area (Å²) in [5, 5.41) is 4.55. The highest BCUT2D eigenvalue weighted by Crippen LogP contribution is 2.33. The van der Waals surface area contributed by atoms with E-state index in [-0.39, 0.29) is 0 Å². The average molecular weight is 387 g/mol. The maximum absolute atomic E-state index is 6.20. The van der Waals surface area contributed by atoms with E-state index in [1.54, 1.807) is 0 Å². The SMILES string of the molecule is Clc1cc(Br)cc(Cl)c1NCCc1ccc2c(c1)CCO2. The molecular weight excluding hydrogens is 373 g/mol. The van der Waals surface area contributed by atoms with Gasteiger partial charge in [-0.15, -0.1) is 0 Å². The zero-order valence-corrected chi connectivity index (χ0v) is 14.4. The molecule has 0 unspecified atom stereocenters. The van der Waals surface area contributed by atoms with E-state index in [0.29, 0.717) is 10.0 Å². The minimum atomic E-state index is 0.622. The van der Waals surface area contributed by atoms with Crippen LogP contribution in [0.4, 0.5) is 5.69 Å². The summed E-state index contributed by atoms with van der Waals surface area (Å²) in [5.74, 6) is 1.02. The standard InChI is InChI=1S/C16H14BrCl2NO/c17-12-8-13(18)16(14(19)9-12)20-5-3-10-1-2-15-11(7-10)4-6-21-15/h1-2,7-9,20H,3-6H2. The molecule has 1 aliphatic heterocycles. The van der Waals surface area contributed by atoms with Gasteiger partial charge in [0.05, 0.1) is 22.3 Å². The number of hydrogen-bond donors (Lipinski definition) is 1. The van der Waals surface area contributed by atoms with Gasteiger partial charge in [-0.2, -0.15) is 0 Å². The number of benzene rings is 2. The molecule has 0 saturated heterocycles. The Morgan fingerprint density at radius 3 is 2.67 bits per heavy atom. The molecule has 0 radical (unpaired) electrons. The van der Waals surface area contributed by atoms with Crippen molar-refractivity contribution in [3.05, 3.63) is 56.0 Å². The van der Waals surface area contributed by atoms with E-state index in [1.165, 1.54) is 11.1 Å². The molecule has 1 heterocycles. The first-order valence-electron chi connectivity index (χ1n) is 6.76. The van der Waals surface area contributed by atoms with Crippen molar-refractivity contribution < 1.29 is 4.74 Å². The van der Waals surface area contributed by atoms with Crippen molar-refractivity contribution in [1.29, 1.82) is 0 Å². The highest BCUT2D eigenvalue weighted by Gasteiger charge is 2.12. The molecule has 0 aromatic heterocycles. The molecule has 0 aliphatic carbocycles. The van der Waals surface area contributed by atoms with Gasteiger partial charge in [-0.1, -0.05) is 51.3 Å². The zero-order valence-electron chi connectivity index (χ0n) is 11.3. The predicted octanol–water partition coefficient (Wildman–Crippen LogP) is 5.35. The van der Waals surface area contributed by atoms with Gasteiger partial charge in [0.25, 0.3) is 0 Å². The van der Waals surface area contributed by atoms with Crippen LogP contribution in [-0.4, -0.2) is 13.2 Å². The Balaban J connectivity index is 1.64. The first-order valence-corrected chi connectivity index (χ1v) is 8.31. The Morgan fingerprint density at radius 1 is 1.14 bits per heavy atom. The van der Waals surface area contributed by atoms with Crippen LogP contribution in [0.25, 0.3) is 0 Å². The van der Waals surface area contributed by atoms with Gasteiger partial charge in [-0.05, 0) is 35.7 Å². The van der Waals surface area contributed by atoms with E-state index in [1.807, 2.05) is 12.1 Å². The number of anilines is 1. The normalized spacial score (nSPS) is 12.9. The second-order valence-electron chi connectivity index (χ2n) is 4.96. The van der Waals surface area contributed by atoms with Crippen molar-refractivity contribution in [1.82, 2.24) is 0 Å². The van der Waals surface area contributed by atoms with Gasteiger partial charge in [0.15, 0.2) is 0 Å². The number of rotatable bonds is 4. The van der Waals surface area contributed by atoms with Gasteiger partial charge in [0, 0.05) is 17.4 Å². The number of nitrogens with one attached hydrogen (secondary N) is 1. The van der Waals surface area contributed by atoms with Crippen LogP contribution in [-0.2, 0) is 12.8 Å². The topological polar surface area (TPSA) is 21.3 Å². The van der Waals surface area contributed by atoms with Crippen LogP contribution < -0.4 is 10.1 Å². The number of hydrogen-bond acceptors (Lipinski definition) is 2. The van der Waals surface area contributed by atoms with E-state index >= 15 is 0 Å². The second-order valence-corrected chi connectivity index (χ2v) is 6.69. The molecule has 0 bridgehead atoms. The van der Waals surface area contributed by atoms with Crippen molar-refractivity contribution >= 4 is 44.8 Å². The summed E-state index contributed by atoms with van der Waals surface area (Å²) in [5.41, 5.74) is 3.37. The van der Waals surface area contributed by atoms with Crippen LogP contribution in [0.2, 0.25) is 10.0 Å². The monoisotopic (exact) mass is 385 g/mol. The van der Waals surface area contributed by atoms with Crippen LogP contribution in [0.1, 0.15) is 11.1 Å². The number of halogens is 3. The molecule has 0 amide bonds. The summed E-state index contributed by atoms with van der Waals surface area (Å²) in [4.78, 5) is 0. The van der Waals surface area contributed by atoms with Gasteiger partial charge < -0.3 is 10.1 Å². The third-order valence-electron chi connectivity index (χ3n) is 3.48. The van der Waals surface area contributed by atoms with Gasteiger partial charge in [-0.3, -0.25) is 0 Å². The minimum absolute atomic E-state index is 0.622. The summed E-state index contributed by atoms with van der Waals surface area (Å²) in [6.45, 7) is 1.57. The van der Waals surface area contributed by atoms with Crippen molar-refractivity contribution in [2.24, 2.45) is 0 Å². The largest absolute Gasteiger partial charge is 0.493 e. The fourth-order valence-electron chi connectivity index (χ4n) is 2.44. The molecule has 0 atom stereocenters. The fraction of sp³-hybridized carbons (Fsp3) is 0.250. The summed E-state index contributed by atoms with van der Waals surface area (Å²) in [6, 6.07) is 10.0. The van der Waals surface area contributed by atoms with Crippen LogP contribution in [0.3, 0.4) is 0 Å². The van der Waals surface area contributed by atoms with Crippen LogP contribution in [0.5, 0.6) is 5.75 Å². The van der Waals surface area contributed by atoms with Gasteiger partial charge >= 0.3 is 0 Å². The maximum atomic E-state index is 6.20. The summed E-state index contributed by atoms with van der Waals surface area (Å²) < 4.78 is 6.39. The maximum Gasteiger partial charge on any atom is 0.122 e. The molecule has 1 N–H and O–H groups in total. The molecule has 2 aromatic carbocycles. The van der Waals surface area contributed by atoms with Gasteiger partial charge in [-0.25, -0.2) is 0 Å². The quantitative estimate of drug-likeness (QED) is 0.764. The second kappa shape index (κ2) is 6.47.